The first-order chi connectivity index (χ1) is 12.4. The molecule has 2 aromatic carbocycles. The second-order valence-electron chi connectivity index (χ2n) is 5.91. The largest absolute Gasteiger partial charge is 0.481 e. The molecule has 0 unspecified atom stereocenters. The van der Waals surface area contributed by atoms with E-state index in [1.54, 1.807) is 24.3 Å². The van der Waals surface area contributed by atoms with Gasteiger partial charge in [-0.25, -0.2) is 0 Å². The Bertz CT molecular complexity index is 843. The first-order valence-corrected chi connectivity index (χ1v) is 8.27. The number of nitrogens with one attached hydrogen (secondary N) is 2. The lowest BCUT2D eigenvalue weighted by atomic mass is 10.1. The van der Waals surface area contributed by atoms with Gasteiger partial charge < -0.3 is 15.4 Å². The third-order valence-corrected chi connectivity index (χ3v) is 3.41. The molecule has 0 aliphatic heterocycles. The average Bonchev–Trinajstić information content (AvgIpc) is 2.56. The van der Waals surface area contributed by atoms with Gasteiger partial charge >= 0.3 is 0 Å². The van der Waals surface area contributed by atoms with Crippen molar-refractivity contribution in [2.45, 2.75) is 20.8 Å². The van der Waals surface area contributed by atoms with Gasteiger partial charge in [0.1, 0.15) is 12.4 Å². The summed E-state index contributed by atoms with van der Waals surface area (Å²) in [6, 6.07) is 12.8. The molecule has 0 saturated carbocycles. The quantitative estimate of drug-likeness (QED) is 0.815. The van der Waals surface area contributed by atoms with Crippen LogP contribution in [-0.4, -0.2) is 25.0 Å². The van der Waals surface area contributed by atoms with Gasteiger partial charge in [0.15, 0.2) is 0 Å². The Morgan fingerprint density at radius 3 is 2.46 bits per heavy atom. The van der Waals surface area contributed by atoms with Crippen molar-refractivity contribution in [3.8, 4) is 17.6 Å². The number of carbonyl (C=O) groups excluding carboxylic acids is 2. The molecule has 2 amide bonds. The van der Waals surface area contributed by atoms with Crippen LogP contribution in [-0.2, 0) is 4.79 Å². The Labute approximate surface area is 153 Å². The third-order valence-electron chi connectivity index (χ3n) is 3.41. The summed E-state index contributed by atoms with van der Waals surface area (Å²) in [5, 5.41) is 5.46. The minimum absolute atomic E-state index is 0.138. The summed E-state index contributed by atoms with van der Waals surface area (Å²) in [7, 11) is 0. The SMILES string of the molecule is CC(=O)Nc1cccc(OCC#CCNC(=O)c2cc(C)cc(C)c2)c1. The molecule has 0 aromatic heterocycles. The summed E-state index contributed by atoms with van der Waals surface area (Å²) in [5.41, 5.74) is 3.41. The summed E-state index contributed by atoms with van der Waals surface area (Å²) in [5.74, 6) is 6.04. The minimum Gasteiger partial charge on any atom is -0.481 e. The van der Waals surface area contributed by atoms with Crippen molar-refractivity contribution in [3.63, 3.8) is 0 Å². The molecule has 2 aromatic rings. The average molecular weight is 350 g/mol. The third kappa shape index (κ3) is 6.33. The maximum Gasteiger partial charge on any atom is 0.252 e. The summed E-state index contributed by atoms with van der Waals surface area (Å²) >= 11 is 0. The molecular formula is C21H22N2O3. The maximum atomic E-state index is 12.1. The van der Waals surface area contributed by atoms with Gasteiger partial charge in [-0.1, -0.05) is 35.1 Å². The Morgan fingerprint density at radius 2 is 1.77 bits per heavy atom. The molecule has 0 aliphatic carbocycles. The van der Waals surface area contributed by atoms with Crippen molar-refractivity contribution in [2.75, 3.05) is 18.5 Å². The molecule has 0 saturated heterocycles. The summed E-state index contributed by atoms with van der Waals surface area (Å²) in [6.45, 7) is 5.82. The van der Waals surface area contributed by atoms with Crippen LogP contribution in [0.3, 0.4) is 0 Å². The zero-order valence-electron chi connectivity index (χ0n) is 15.2. The van der Waals surface area contributed by atoms with Crippen LogP contribution in [0.2, 0.25) is 0 Å². The molecule has 134 valence electrons. The van der Waals surface area contributed by atoms with E-state index in [4.69, 9.17) is 4.74 Å². The Balaban J connectivity index is 1.78. The fourth-order valence-electron chi connectivity index (χ4n) is 2.43. The van der Waals surface area contributed by atoms with E-state index >= 15 is 0 Å². The van der Waals surface area contributed by atoms with Crippen molar-refractivity contribution >= 4 is 17.5 Å². The molecule has 0 atom stereocenters. The van der Waals surface area contributed by atoms with Crippen LogP contribution in [0, 0.1) is 25.7 Å². The van der Waals surface area contributed by atoms with Gasteiger partial charge in [0.05, 0.1) is 6.54 Å². The first-order valence-electron chi connectivity index (χ1n) is 8.27. The van der Waals surface area contributed by atoms with Crippen molar-refractivity contribution in [2.24, 2.45) is 0 Å². The Morgan fingerprint density at radius 1 is 1.04 bits per heavy atom. The second kappa shape index (κ2) is 9.28. The molecule has 5 nitrogen and oxygen atoms in total. The Hall–Kier alpha value is -3.26. The predicted molar refractivity (Wildman–Crippen MR) is 102 cm³/mol. The summed E-state index contributed by atoms with van der Waals surface area (Å²) < 4.78 is 5.51. The van der Waals surface area contributed by atoms with Gasteiger partial charge in [0, 0.05) is 24.2 Å². The van der Waals surface area contributed by atoms with Crippen LogP contribution in [0.4, 0.5) is 5.69 Å². The lowest BCUT2D eigenvalue weighted by molar-refractivity contribution is -0.114. The number of rotatable bonds is 5. The highest BCUT2D eigenvalue weighted by Gasteiger charge is 2.05. The van der Waals surface area contributed by atoms with Crippen molar-refractivity contribution in [1.82, 2.24) is 5.32 Å². The second-order valence-corrected chi connectivity index (χ2v) is 5.91. The highest BCUT2D eigenvalue weighted by Crippen LogP contribution is 2.17. The van der Waals surface area contributed by atoms with E-state index in [0.29, 0.717) is 17.0 Å². The van der Waals surface area contributed by atoms with Gasteiger partial charge in [-0.2, -0.15) is 0 Å². The zero-order chi connectivity index (χ0) is 18.9. The number of carbonyl (C=O) groups is 2. The molecule has 0 bridgehead atoms. The van der Waals surface area contributed by atoms with Gasteiger partial charge in [-0.3, -0.25) is 9.59 Å². The van der Waals surface area contributed by atoms with Crippen LogP contribution in [0.5, 0.6) is 5.75 Å². The van der Waals surface area contributed by atoms with Crippen molar-refractivity contribution in [3.05, 3.63) is 59.2 Å². The lowest BCUT2D eigenvalue weighted by Crippen LogP contribution is -2.23. The molecular weight excluding hydrogens is 328 g/mol. The summed E-state index contributed by atoms with van der Waals surface area (Å²) in [4.78, 5) is 23.1. The smallest absolute Gasteiger partial charge is 0.252 e. The minimum atomic E-state index is -0.143. The molecule has 2 N–H and O–H groups in total. The fraction of sp³-hybridized carbons (Fsp3) is 0.238. The van der Waals surface area contributed by atoms with Crippen molar-refractivity contribution in [1.29, 1.82) is 0 Å². The first kappa shape index (κ1) is 19.1. The molecule has 0 aliphatic rings. The van der Waals surface area contributed by atoms with Crippen molar-refractivity contribution < 1.29 is 14.3 Å². The number of ether oxygens (including phenoxy) is 1. The molecule has 2 rings (SSSR count). The molecule has 0 fully saturated rings. The van der Waals surface area contributed by atoms with E-state index in [0.717, 1.165) is 11.1 Å². The Kier molecular flexibility index (Phi) is 6.81. The van der Waals surface area contributed by atoms with E-state index in [9.17, 15) is 9.59 Å². The van der Waals surface area contributed by atoms with Crippen LogP contribution in [0.1, 0.15) is 28.4 Å². The highest BCUT2D eigenvalue weighted by atomic mass is 16.5. The predicted octanol–water partition coefficient (Wildman–Crippen LogP) is 3.07. The summed E-state index contributed by atoms with van der Waals surface area (Å²) in [6.07, 6.45) is 0. The molecule has 0 heterocycles. The molecule has 5 heteroatoms. The van der Waals surface area contributed by atoms with Crippen LogP contribution in [0.25, 0.3) is 0 Å². The van der Waals surface area contributed by atoms with Crippen LogP contribution in [0.15, 0.2) is 42.5 Å². The van der Waals surface area contributed by atoms with E-state index in [1.807, 2.05) is 32.0 Å². The topological polar surface area (TPSA) is 67.4 Å². The molecule has 26 heavy (non-hydrogen) atoms. The van der Waals surface area contributed by atoms with Gasteiger partial charge in [0.2, 0.25) is 5.91 Å². The van der Waals surface area contributed by atoms with Crippen LogP contribution >= 0.6 is 0 Å². The number of amides is 2. The van der Waals surface area contributed by atoms with E-state index in [-0.39, 0.29) is 25.0 Å². The highest BCUT2D eigenvalue weighted by molar-refractivity contribution is 5.94. The number of benzene rings is 2. The van der Waals surface area contributed by atoms with Gasteiger partial charge in [-0.05, 0) is 38.1 Å². The standard InChI is InChI=1S/C21H22N2O3/c1-15-11-16(2)13-18(12-15)21(25)22-9-4-5-10-26-20-8-6-7-19(14-20)23-17(3)24/h6-8,11-14H,9-10H2,1-3H3,(H,22,25)(H,23,24). The monoisotopic (exact) mass is 350 g/mol. The van der Waals surface area contributed by atoms with E-state index in [2.05, 4.69) is 22.5 Å². The lowest BCUT2D eigenvalue weighted by Gasteiger charge is -2.06. The molecule has 0 spiro atoms. The van der Waals surface area contributed by atoms with Gasteiger partial charge in [0.25, 0.3) is 5.91 Å². The fourth-order valence-corrected chi connectivity index (χ4v) is 2.43. The van der Waals surface area contributed by atoms with E-state index < -0.39 is 0 Å². The number of hydrogen-bond donors (Lipinski definition) is 2. The van der Waals surface area contributed by atoms with Gasteiger partial charge in [-0.15, -0.1) is 0 Å². The number of hydrogen-bond acceptors (Lipinski definition) is 3. The zero-order valence-corrected chi connectivity index (χ0v) is 15.2. The molecule has 0 radical (unpaired) electrons. The maximum absolute atomic E-state index is 12.1. The number of aryl methyl sites for hydroxylation is 2. The van der Waals surface area contributed by atoms with Crippen LogP contribution < -0.4 is 15.4 Å². The normalized spacial score (nSPS) is 9.65. The van der Waals surface area contributed by atoms with E-state index in [1.165, 1.54) is 6.92 Å². The number of anilines is 1.